The Hall–Kier alpha value is -3.39. The molecule has 0 saturated heterocycles. The maximum absolute atomic E-state index is 12.4. The van der Waals surface area contributed by atoms with Crippen molar-refractivity contribution in [1.29, 1.82) is 0 Å². The lowest BCUT2D eigenvalue weighted by Gasteiger charge is -2.14. The fraction of sp³-hybridized carbons (Fsp3) is 0.105. The molecule has 4 aromatic rings. The number of hydrogen-bond acceptors (Lipinski definition) is 6. The molecule has 27 heavy (non-hydrogen) atoms. The molecule has 0 aliphatic carbocycles. The summed E-state index contributed by atoms with van der Waals surface area (Å²) >= 11 is 1.34. The van der Waals surface area contributed by atoms with Crippen LogP contribution in [0.5, 0.6) is 0 Å². The van der Waals surface area contributed by atoms with Gasteiger partial charge in [0.25, 0.3) is 5.56 Å². The number of fused-ring (bicyclic) bond motifs is 2. The third-order valence-corrected chi connectivity index (χ3v) is 4.89. The molecule has 0 radical (unpaired) electrons. The number of likely N-dealkylation sites (N-methyl/N-ethyl adjacent to an activating group) is 1. The van der Waals surface area contributed by atoms with E-state index in [1.165, 1.54) is 22.3 Å². The summed E-state index contributed by atoms with van der Waals surface area (Å²) in [6.07, 6.45) is 4.67. The van der Waals surface area contributed by atoms with E-state index in [1.807, 2.05) is 29.6 Å². The van der Waals surface area contributed by atoms with Gasteiger partial charge in [-0.25, -0.2) is 9.97 Å². The van der Waals surface area contributed by atoms with Crippen LogP contribution in [0.2, 0.25) is 0 Å². The van der Waals surface area contributed by atoms with Gasteiger partial charge in [0.15, 0.2) is 0 Å². The fourth-order valence-electron chi connectivity index (χ4n) is 2.63. The predicted octanol–water partition coefficient (Wildman–Crippen LogP) is 2.60. The van der Waals surface area contributed by atoms with Crippen LogP contribution in [0.3, 0.4) is 0 Å². The molecule has 0 atom stereocenters. The topological polar surface area (TPSA) is 91.8 Å². The lowest BCUT2D eigenvalue weighted by Crippen LogP contribution is -2.26. The van der Waals surface area contributed by atoms with Crippen molar-refractivity contribution in [2.24, 2.45) is 0 Å². The molecule has 1 N–H and O–H groups in total. The summed E-state index contributed by atoms with van der Waals surface area (Å²) in [7, 11) is 1.65. The van der Waals surface area contributed by atoms with Gasteiger partial charge in [0.2, 0.25) is 5.91 Å². The number of para-hydroxylation sites is 2. The van der Waals surface area contributed by atoms with Gasteiger partial charge in [-0.2, -0.15) is 0 Å². The van der Waals surface area contributed by atoms with Crippen LogP contribution in [-0.4, -0.2) is 37.8 Å². The number of aromatic nitrogens is 4. The molecule has 0 saturated carbocycles. The first-order valence-electron chi connectivity index (χ1n) is 8.21. The van der Waals surface area contributed by atoms with Gasteiger partial charge in [-0.15, -0.1) is 11.3 Å². The Balaban J connectivity index is 1.49. The smallest absolute Gasteiger partial charge is 0.268 e. The zero-order chi connectivity index (χ0) is 18.8. The molecule has 8 heteroatoms. The highest BCUT2D eigenvalue weighted by molar-refractivity contribution is 7.17. The molecule has 0 unspecified atom stereocenters. The van der Waals surface area contributed by atoms with Crippen LogP contribution in [0.25, 0.3) is 27.3 Å². The van der Waals surface area contributed by atoms with Crippen LogP contribution in [-0.2, 0) is 11.3 Å². The van der Waals surface area contributed by atoms with Gasteiger partial charge in [0.05, 0.1) is 35.0 Å². The normalized spacial score (nSPS) is 11.4. The highest BCUT2D eigenvalue weighted by atomic mass is 32.1. The summed E-state index contributed by atoms with van der Waals surface area (Å²) in [5.41, 5.74) is 2.62. The van der Waals surface area contributed by atoms with E-state index in [9.17, 15) is 9.59 Å². The lowest BCUT2D eigenvalue weighted by atomic mass is 10.3. The van der Waals surface area contributed by atoms with Gasteiger partial charge in [-0.3, -0.25) is 14.6 Å². The van der Waals surface area contributed by atoms with E-state index in [4.69, 9.17) is 0 Å². The number of carbonyl (C=O) groups excluding carboxylic acids is 1. The van der Waals surface area contributed by atoms with E-state index < -0.39 is 0 Å². The summed E-state index contributed by atoms with van der Waals surface area (Å²) in [5.74, 6) is 0.221. The molecular weight excluding hydrogens is 362 g/mol. The summed E-state index contributed by atoms with van der Waals surface area (Å²) in [4.78, 5) is 41.7. The van der Waals surface area contributed by atoms with Gasteiger partial charge >= 0.3 is 0 Å². The van der Waals surface area contributed by atoms with E-state index in [-0.39, 0.29) is 18.0 Å². The highest BCUT2D eigenvalue weighted by Gasteiger charge is 2.10. The number of benzene rings is 1. The van der Waals surface area contributed by atoms with Crippen molar-refractivity contribution < 1.29 is 4.79 Å². The first kappa shape index (κ1) is 17.0. The molecule has 3 aromatic heterocycles. The molecule has 0 aliphatic heterocycles. The monoisotopic (exact) mass is 377 g/mol. The molecule has 0 fully saturated rings. The van der Waals surface area contributed by atoms with Crippen molar-refractivity contribution in [2.45, 2.75) is 6.54 Å². The molecule has 7 nitrogen and oxygen atoms in total. The number of hydrogen-bond donors (Lipinski definition) is 1. The summed E-state index contributed by atoms with van der Waals surface area (Å²) in [6, 6.07) is 9.33. The number of H-pyrrole nitrogens is 1. The summed E-state index contributed by atoms with van der Waals surface area (Å²) in [5, 5.41) is 1.82. The first-order chi connectivity index (χ1) is 13.1. The molecule has 4 rings (SSSR count). The van der Waals surface area contributed by atoms with Crippen LogP contribution in [0, 0.1) is 0 Å². The van der Waals surface area contributed by atoms with Crippen LogP contribution in [0.15, 0.2) is 52.8 Å². The number of carbonyl (C=O) groups is 1. The van der Waals surface area contributed by atoms with E-state index in [1.54, 1.807) is 25.4 Å². The third kappa shape index (κ3) is 3.61. The maximum Gasteiger partial charge on any atom is 0.268 e. The summed E-state index contributed by atoms with van der Waals surface area (Å²) < 4.78 is 0.586. The van der Waals surface area contributed by atoms with Crippen LogP contribution < -0.4 is 5.56 Å². The number of nitrogens with zero attached hydrogens (tertiary/aromatic N) is 4. The van der Waals surface area contributed by atoms with Gasteiger partial charge < -0.3 is 9.88 Å². The van der Waals surface area contributed by atoms with E-state index >= 15 is 0 Å². The van der Waals surface area contributed by atoms with Gasteiger partial charge in [0.1, 0.15) is 10.5 Å². The minimum absolute atomic E-state index is 0.187. The number of aromatic amines is 1. The predicted molar refractivity (Wildman–Crippen MR) is 105 cm³/mol. The first-order valence-corrected chi connectivity index (χ1v) is 9.09. The zero-order valence-electron chi connectivity index (χ0n) is 14.4. The number of thiophene rings is 1. The summed E-state index contributed by atoms with van der Waals surface area (Å²) in [6.45, 7) is 0.202. The Morgan fingerprint density at radius 1 is 1.19 bits per heavy atom. The Morgan fingerprint density at radius 2 is 2.00 bits per heavy atom. The molecule has 3 heterocycles. The number of amides is 1. The van der Waals surface area contributed by atoms with Crippen molar-refractivity contribution in [2.75, 3.05) is 7.05 Å². The third-order valence-electron chi connectivity index (χ3n) is 3.99. The minimum Gasteiger partial charge on any atom is -0.335 e. The maximum atomic E-state index is 12.4. The van der Waals surface area contributed by atoms with Crippen molar-refractivity contribution >= 4 is 44.6 Å². The standard InChI is InChI=1S/C19H15N5O2S/c1-24(11-16-22-15-8-9-27-18(15)19(26)23-16)17(25)7-6-12-10-20-13-4-2-3-5-14(13)21-12/h2-10H,11H2,1H3,(H,22,23,26)/b7-6+. The van der Waals surface area contributed by atoms with Crippen molar-refractivity contribution in [3.63, 3.8) is 0 Å². The molecule has 0 spiro atoms. The second-order valence-electron chi connectivity index (χ2n) is 5.96. The SMILES string of the molecule is CN(Cc1nc2ccsc2c(=O)[nH]1)C(=O)/C=C/c1cnc2ccccc2n1. The number of nitrogens with one attached hydrogen (secondary N) is 1. The molecule has 0 aliphatic rings. The van der Waals surface area contributed by atoms with E-state index in [0.29, 0.717) is 21.7 Å². The lowest BCUT2D eigenvalue weighted by molar-refractivity contribution is -0.125. The molecule has 1 aromatic carbocycles. The molecular formula is C19H15N5O2S. The van der Waals surface area contributed by atoms with E-state index in [0.717, 1.165) is 11.0 Å². The van der Waals surface area contributed by atoms with E-state index in [2.05, 4.69) is 19.9 Å². The number of rotatable bonds is 4. The average molecular weight is 377 g/mol. The quantitative estimate of drug-likeness (QED) is 0.552. The fourth-order valence-corrected chi connectivity index (χ4v) is 3.36. The Labute approximate surface area is 158 Å². The van der Waals surface area contributed by atoms with Crippen LogP contribution in [0.4, 0.5) is 0 Å². The molecule has 134 valence electrons. The second-order valence-corrected chi connectivity index (χ2v) is 6.87. The van der Waals surface area contributed by atoms with Crippen molar-refractivity contribution in [3.05, 3.63) is 69.9 Å². The molecule has 0 bridgehead atoms. The Bertz CT molecular complexity index is 1230. The Morgan fingerprint density at radius 3 is 2.85 bits per heavy atom. The molecule has 1 amide bonds. The van der Waals surface area contributed by atoms with Crippen molar-refractivity contribution in [3.8, 4) is 0 Å². The average Bonchev–Trinajstić information content (AvgIpc) is 3.15. The van der Waals surface area contributed by atoms with Crippen molar-refractivity contribution in [1.82, 2.24) is 24.8 Å². The van der Waals surface area contributed by atoms with Crippen LogP contribution >= 0.6 is 11.3 Å². The second kappa shape index (κ2) is 7.08. The van der Waals surface area contributed by atoms with Gasteiger partial charge in [-0.05, 0) is 29.7 Å². The van der Waals surface area contributed by atoms with Crippen LogP contribution in [0.1, 0.15) is 11.5 Å². The highest BCUT2D eigenvalue weighted by Crippen LogP contribution is 2.14. The largest absolute Gasteiger partial charge is 0.335 e. The van der Waals surface area contributed by atoms with Gasteiger partial charge in [-0.1, -0.05) is 12.1 Å². The van der Waals surface area contributed by atoms with Gasteiger partial charge in [0, 0.05) is 13.1 Å². The minimum atomic E-state index is -0.224. The zero-order valence-corrected chi connectivity index (χ0v) is 15.2. The Kier molecular flexibility index (Phi) is 4.47.